The zero-order valence-electron chi connectivity index (χ0n) is 9.14. The molecule has 0 fully saturated rings. The molecular formula is C10H6F3N3O2S. The van der Waals surface area contributed by atoms with E-state index in [1.807, 2.05) is 0 Å². The first-order valence-corrected chi connectivity index (χ1v) is 6.34. The summed E-state index contributed by atoms with van der Waals surface area (Å²) < 4.78 is 64.3. The fraction of sp³-hybridized carbons (Fsp3) is 0. The van der Waals surface area contributed by atoms with Crippen molar-refractivity contribution >= 4 is 15.7 Å². The maximum absolute atomic E-state index is 13.3. The third kappa shape index (κ3) is 2.81. The van der Waals surface area contributed by atoms with Gasteiger partial charge < -0.3 is 0 Å². The lowest BCUT2D eigenvalue weighted by Gasteiger charge is -2.08. The van der Waals surface area contributed by atoms with Gasteiger partial charge in [-0.3, -0.25) is 4.72 Å². The first kappa shape index (κ1) is 13.3. The summed E-state index contributed by atoms with van der Waals surface area (Å²) in [6.07, 6.45) is 1.07. The average molecular weight is 289 g/mol. The molecule has 9 heteroatoms. The van der Waals surface area contributed by atoms with Crippen molar-refractivity contribution in [3.63, 3.8) is 0 Å². The van der Waals surface area contributed by atoms with Gasteiger partial charge in [0.15, 0.2) is 5.82 Å². The third-order valence-corrected chi connectivity index (χ3v) is 3.34. The van der Waals surface area contributed by atoms with Crippen LogP contribution in [-0.2, 0) is 10.0 Å². The molecule has 1 N–H and O–H groups in total. The van der Waals surface area contributed by atoms with Crippen LogP contribution in [0.5, 0.6) is 0 Å². The number of nitrogens with zero attached hydrogens (tertiary/aromatic N) is 2. The van der Waals surface area contributed by atoms with Crippen LogP contribution < -0.4 is 4.72 Å². The molecule has 2 aromatic heterocycles. The molecule has 0 spiro atoms. The lowest BCUT2D eigenvalue weighted by Crippen LogP contribution is -2.17. The van der Waals surface area contributed by atoms with Gasteiger partial charge in [-0.15, -0.1) is 0 Å². The van der Waals surface area contributed by atoms with Crippen molar-refractivity contribution in [2.45, 2.75) is 5.03 Å². The Morgan fingerprint density at radius 2 is 1.84 bits per heavy atom. The van der Waals surface area contributed by atoms with Gasteiger partial charge in [0, 0.05) is 6.20 Å². The number of hydrogen-bond donors (Lipinski definition) is 1. The van der Waals surface area contributed by atoms with Crippen LogP contribution in [0, 0.1) is 17.7 Å². The molecule has 5 nitrogen and oxygen atoms in total. The summed E-state index contributed by atoms with van der Waals surface area (Å²) in [5.74, 6) is -3.56. The van der Waals surface area contributed by atoms with Gasteiger partial charge in [-0.1, -0.05) is 0 Å². The van der Waals surface area contributed by atoms with Gasteiger partial charge in [0.05, 0.1) is 0 Å². The van der Waals surface area contributed by atoms with Gasteiger partial charge in [0.25, 0.3) is 10.0 Å². The van der Waals surface area contributed by atoms with E-state index >= 15 is 0 Å². The van der Waals surface area contributed by atoms with Gasteiger partial charge in [-0.05, 0) is 24.3 Å². The van der Waals surface area contributed by atoms with Crippen molar-refractivity contribution in [1.82, 2.24) is 9.97 Å². The van der Waals surface area contributed by atoms with Gasteiger partial charge in [0.1, 0.15) is 5.69 Å². The average Bonchev–Trinajstić information content (AvgIpc) is 2.33. The summed E-state index contributed by atoms with van der Waals surface area (Å²) in [5.41, 5.74) is -0.605. The molecule has 0 aliphatic rings. The molecule has 19 heavy (non-hydrogen) atoms. The van der Waals surface area contributed by atoms with E-state index in [0.717, 1.165) is 24.4 Å². The first-order valence-electron chi connectivity index (χ1n) is 4.85. The molecular weight excluding hydrogens is 283 g/mol. The Kier molecular flexibility index (Phi) is 3.38. The Labute approximate surface area is 106 Å². The van der Waals surface area contributed by atoms with Crippen molar-refractivity contribution in [1.29, 1.82) is 0 Å². The molecule has 0 bridgehead atoms. The molecule has 0 amide bonds. The zero-order valence-corrected chi connectivity index (χ0v) is 9.96. The highest BCUT2D eigenvalue weighted by atomic mass is 32.2. The molecule has 0 saturated heterocycles. The molecule has 0 aliphatic carbocycles. The number of aromatic nitrogens is 2. The van der Waals surface area contributed by atoms with Crippen molar-refractivity contribution in [3.8, 4) is 0 Å². The fourth-order valence-electron chi connectivity index (χ4n) is 1.25. The molecule has 0 aliphatic heterocycles. The normalized spacial score (nSPS) is 11.3. The SMILES string of the molecule is O=S(=O)(Nc1ccc(F)nc1F)c1ncccc1F. The number of halogens is 3. The van der Waals surface area contributed by atoms with Crippen LogP contribution in [-0.4, -0.2) is 18.4 Å². The summed E-state index contributed by atoms with van der Waals surface area (Å²) in [5, 5.41) is -0.890. The number of hydrogen-bond acceptors (Lipinski definition) is 4. The van der Waals surface area contributed by atoms with Gasteiger partial charge in [0.2, 0.25) is 16.9 Å². The molecule has 0 unspecified atom stereocenters. The van der Waals surface area contributed by atoms with E-state index in [1.165, 1.54) is 6.07 Å². The second-order valence-corrected chi connectivity index (χ2v) is 4.97. The van der Waals surface area contributed by atoms with E-state index < -0.39 is 38.4 Å². The Balaban J connectivity index is 2.40. The van der Waals surface area contributed by atoms with Crippen LogP contribution in [0.15, 0.2) is 35.5 Å². The number of rotatable bonds is 3. The lowest BCUT2D eigenvalue weighted by molar-refractivity contribution is 0.515. The minimum Gasteiger partial charge on any atom is -0.274 e. The number of pyridine rings is 2. The monoisotopic (exact) mass is 289 g/mol. The van der Waals surface area contributed by atoms with Crippen LogP contribution in [0.2, 0.25) is 0 Å². The summed E-state index contributed by atoms with van der Waals surface area (Å²) in [7, 11) is -4.42. The van der Waals surface area contributed by atoms with Crippen LogP contribution >= 0.6 is 0 Å². The number of sulfonamides is 1. The second kappa shape index (κ2) is 4.84. The Hall–Kier alpha value is -2.16. The molecule has 0 saturated carbocycles. The van der Waals surface area contributed by atoms with Gasteiger partial charge in [-0.25, -0.2) is 9.37 Å². The first-order chi connectivity index (χ1) is 8.90. The highest BCUT2D eigenvalue weighted by Crippen LogP contribution is 2.18. The standard InChI is InChI=1S/C10H6F3N3O2S/c11-6-2-1-5-14-10(6)19(17,18)16-7-3-4-8(12)15-9(7)13/h1-5,16H. The van der Waals surface area contributed by atoms with Crippen molar-refractivity contribution in [2.75, 3.05) is 4.72 Å². The van der Waals surface area contributed by atoms with Crippen LogP contribution in [0.25, 0.3) is 0 Å². The maximum Gasteiger partial charge on any atom is 0.282 e. The van der Waals surface area contributed by atoms with E-state index in [0.29, 0.717) is 0 Å². The molecule has 2 rings (SSSR count). The topological polar surface area (TPSA) is 72.0 Å². The smallest absolute Gasteiger partial charge is 0.274 e. The minimum atomic E-state index is -4.42. The second-order valence-electron chi connectivity index (χ2n) is 3.37. The van der Waals surface area contributed by atoms with E-state index in [1.54, 1.807) is 4.72 Å². The molecule has 2 aromatic rings. The van der Waals surface area contributed by atoms with Crippen LogP contribution in [0.1, 0.15) is 0 Å². The predicted molar refractivity (Wildman–Crippen MR) is 59.2 cm³/mol. The highest BCUT2D eigenvalue weighted by molar-refractivity contribution is 7.92. The van der Waals surface area contributed by atoms with Crippen molar-refractivity contribution < 1.29 is 21.6 Å². The van der Waals surface area contributed by atoms with Gasteiger partial charge >= 0.3 is 0 Å². The number of anilines is 1. The highest BCUT2D eigenvalue weighted by Gasteiger charge is 2.22. The largest absolute Gasteiger partial charge is 0.282 e. The maximum atomic E-state index is 13.3. The zero-order chi connectivity index (χ0) is 14.0. The quantitative estimate of drug-likeness (QED) is 0.873. The van der Waals surface area contributed by atoms with Crippen molar-refractivity contribution in [3.05, 3.63) is 48.2 Å². The molecule has 0 radical (unpaired) electrons. The van der Waals surface area contributed by atoms with E-state index in [9.17, 15) is 21.6 Å². The molecule has 0 atom stereocenters. The third-order valence-electron chi connectivity index (χ3n) is 2.04. The van der Waals surface area contributed by atoms with Crippen molar-refractivity contribution in [2.24, 2.45) is 0 Å². The molecule has 100 valence electrons. The number of nitrogens with one attached hydrogen (secondary N) is 1. The fourth-order valence-corrected chi connectivity index (χ4v) is 2.31. The van der Waals surface area contributed by atoms with E-state index in [2.05, 4.69) is 9.97 Å². The Morgan fingerprint density at radius 3 is 2.47 bits per heavy atom. The molecule has 0 aromatic carbocycles. The Morgan fingerprint density at radius 1 is 1.11 bits per heavy atom. The minimum absolute atomic E-state index is 0.605. The van der Waals surface area contributed by atoms with Crippen LogP contribution in [0.4, 0.5) is 18.9 Å². The summed E-state index contributed by atoms with van der Waals surface area (Å²) in [6.45, 7) is 0. The predicted octanol–water partition coefficient (Wildman–Crippen LogP) is 1.69. The molecule has 2 heterocycles. The summed E-state index contributed by atoms with van der Waals surface area (Å²) in [6, 6.07) is 3.68. The van der Waals surface area contributed by atoms with Gasteiger partial charge in [-0.2, -0.15) is 22.2 Å². The van der Waals surface area contributed by atoms with E-state index in [-0.39, 0.29) is 0 Å². The van der Waals surface area contributed by atoms with E-state index in [4.69, 9.17) is 0 Å². The summed E-state index contributed by atoms with van der Waals surface area (Å²) in [4.78, 5) is 6.15. The van der Waals surface area contributed by atoms with Crippen LogP contribution in [0.3, 0.4) is 0 Å². The lowest BCUT2D eigenvalue weighted by atomic mass is 10.4. The summed E-state index contributed by atoms with van der Waals surface area (Å²) >= 11 is 0. The Bertz CT molecular complexity index is 722.